The van der Waals surface area contributed by atoms with Gasteiger partial charge in [-0.25, -0.2) is 5.43 Å². The number of rotatable bonds is 3. The highest BCUT2D eigenvalue weighted by Crippen LogP contribution is 2.17. The van der Waals surface area contributed by atoms with Gasteiger partial charge in [-0.05, 0) is 53.1 Å². The quantitative estimate of drug-likeness (QED) is 0.354. The fourth-order valence-electron chi connectivity index (χ4n) is 2.26. The molecule has 1 aromatic carbocycles. The lowest BCUT2D eigenvalue weighted by molar-refractivity contribution is -0.139. The molecule has 1 saturated carbocycles. The molecule has 0 radical (unpaired) electrons. The van der Waals surface area contributed by atoms with Crippen LogP contribution in [0.5, 0.6) is 0 Å². The molecule has 0 aromatic heterocycles. The number of benzene rings is 1. The first kappa shape index (κ1) is 15.9. The Balaban J connectivity index is 1.77. The summed E-state index contributed by atoms with van der Waals surface area (Å²) in [5, 5.41) is 6.55. The third-order valence-corrected chi connectivity index (χ3v) is 4.12. The summed E-state index contributed by atoms with van der Waals surface area (Å²) >= 11 is 2.21. The molecule has 0 atom stereocenters. The highest BCUT2D eigenvalue weighted by molar-refractivity contribution is 14.1. The van der Waals surface area contributed by atoms with Crippen molar-refractivity contribution in [1.29, 1.82) is 0 Å². The molecule has 5 nitrogen and oxygen atoms in total. The van der Waals surface area contributed by atoms with Crippen molar-refractivity contribution < 1.29 is 9.59 Å². The Bertz CT molecular complexity index is 522. The molecule has 6 heteroatoms. The van der Waals surface area contributed by atoms with Crippen LogP contribution < -0.4 is 10.7 Å². The van der Waals surface area contributed by atoms with E-state index in [0.29, 0.717) is 0 Å². The zero-order chi connectivity index (χ0) is 15.1. The molecule has 1 aliphatic rings. The van der Waals surface area contributed by atoms with Crippen molar-refractivity contribution in [2.24, 2.45) is 5.10 Å². The van der Waals surface area contributed by atoms with E-state index in [-0.39, 0.29) is 6.04 Å². The molecule has 0 saturated heterocycles. The average molecular weight is 399 g/mol. The molecule has 2 N–H and O–H groups in total. The predicted octanol–water partition coefficient (Wildman–Crippen LogP) is 2.19. The van der Waals surface area contributed by atoms with Gasteiger partial charge in [-0.1, -0.05) is 31.4 Å². The van der Waals surface area contributed by atoms with Gasteiger partial charge in [0, 0.05) is 9.61 Å². The number of hydrazone groups is 1. The van der Waals surface area contributed by atoms with Crippen molar-refractivity contribution in [3.63, 3.8) is 0 Å². The highest BCUT2D eigenvalue weighted by atomic mass is 127. The lowest BCUT2D eigenvalue weighted by Crippen LogP contribution is -2.44. The van der Waals surface area contributed by atoms with Gasteiger partial charge in [0.15, 0.2) is 0 Å². The molecular formula is C15H18IN3O2. The summed E-state index contributed by atoms with van der Waals surface area (Å²) in [4.78, 5) is 23.3. The summed E-state index contributed by atoms with van der Waals surface area (Å²) in [5.74, 6) is -1.33. The summed E-state index contributed by atoms with van der Waals surface area (Å²) in [6, 6.07) is 7.79. The van der Waals surface area contributed by atoms with Crippen LogP contribution in [0.1, 0.15) is 37.7 Å². The predicted molar refractivity (Wildman–Crippen MR) is 89.9 cm³/mol. The number of hydrogen-bond donors (Lipinski definition) is 2. The number of nitrogens with zero attached hydrogens (tertiary/aromatic N) is 1. The maximum atomic E-state index is 11.7. The standard InChI is InChI=1S/C15H18IN3O2/c16-12-8-6-11(7-9-12)10-17-19-15(21)14(20)18-13-4-2-1-3-5-13/h6-10,13H,1-5H2,(H,18,20)(H,19,21). The number of hydrogen-bond acceptors (Lipinski definition) is 3. The van der Waals surface area contributed by atoms with Crippen LogP contribution in [0.25, 0.3) is 0 Å². The van der Waals surface area contributed by atoms with E-state index < -0.39 is 11.8 Å². The van der Waals surface area contributed by atoms with E-state index in [9.17, 15) is 9.59 Å². The minimum Gasteiger partial charge on any atom is -0.345 e. The minimum absolute atomic E-state index is 0.122. The number of carbonyl (C=O) groups is 2. The number of amides is 2. The number of halogens is 1. The van der Waals surface area contributed by atoms with Gasteiger partial charge < -0.3 is 5.32 Å². The van der Waals surface area contributed by atoms with Crippen molar-refractivity contribution in [3.05, 3.63) is 33.4 Å². The summed E-state index contributed by atoms with van der Waals surface area (Å²) in [5.41, 5.74) is 3.12. The van der Waals surface area contributed by atoms with Crippen LogP contribution in [0.4, 0.5) is 0 Å². The maximum Gasteiger partial charge on any atom is 0.329 e. The molecule has 0 heterocycles. The van der Waals surface area contributed by atoms with Gasteiger partial charge >= 0.3 is 11.8 Å². The third-order valence-electron chi connectivity index (χ3n) is 3.40. The Labute approximate surface area is 137 Å². The van der Waals surface area contributed by atoms with Crippen LogP contribution in [0.2, 0.25) is 0 Å². The fourth-order valence-corrected chi connectivity index (χ4v) is 2.62. The van der Waals surface area contributed by atoms with Crippen LogP contribution in [-0.4, -0.2) is 24.1 Å². The molecule has 1 aromatic rings. The van der Waals surface area contributed by atoms with Crippen LogP contribution in [0.3, 0.4) is 0 Å². The van der Waals surface area contributed by atoms with Crippen LogP contribution in [0, 0.1) is 3.57 Å². The number of carbonyl (C=O) groups excluding carboxylic acids is 2. The summed E-state index contributed by atoms with van der Waals surface area (Å²) < 4.78 is 1.13. The third kappa shape index (κ3) is 5.45. The Kier molecular flexibility index (Phi) is 6.16. The van der Waals surface area contributed by atoms with Crippen LogP contribution in [-0.2, 0) is 9.59 Å². The second kappa shape index (κ2) is 8.11. The van der Waals surface area contributed by atoms with E-state index in [0.717, 1.165) is 34.8 Å². The van der Waals surface area contributed by atoms with E-state index >= 15 is 0 Å². The average Bonchev–Trinajstić information content (AvgIpc) is 2.50. The van der Waals surface area contributed by atoms with Crippen molar-refractivity contribution in [1.82, 2.24) is 10.7 Å². The van der Waals surface area contributed by atoms with Gasteiger partial charge in [-0.15, -0.1) is 0 Å². The van der Waals surface area contributed by atoms with Crippen molar-refractivity contribution in [3.8, 4) is 0 Å². The maximum absolute atomic E-state index is 11.7. The second-order valence-corrected chi connectivity index (χ2v) is 6.30. The van der Waals surface area contributed by atoms with Gasteiger partial charge in [-0.3, -0.25) is 9.59 Å². The first-order valence-electron chi connectivity index (χ1n) is 7.04. The van der Waals surface area contributed by atoms with E-state index in [1.807, 2.05) is 24.3 Å². The molecule has 0 aliphatic heterocycles. The molecule has 1 fully saturated rings. The monoisotopic (exact) mass is 399 g/mol. The summed E-state index contributed by atoms with van der Waals surface area (Å²) in [7, 11) is 0. The molecular weight excluding hydrogens is 381 g/mol. The van der Waals surface area contributed by atoms with Crippen molar-refractivity contribution >= 4 is 40.6 Å². The summed E-state index contributed by atoms with van der Waals surface area (Å²) in [6.07, 6.45) is 6.84. The summed E-state index contributed by atoms with van der Waals surface area (Å²) in [6.45, 7) is 0. The molecule has 1 aliphatic carbocycles. The Morgan fingerprint density at radius 2 is 1.76 bits per heavy atom. The van der Waals surface area contributed by atoms with E-state index in [4.69, 9.17) is 0 Å². The Hall–Kier alpha value is -1.44. The Morgan fingerprint density at radius 1 is 1.10 bits per heavy atom. The second-order valence-electron chi connectivity index (χ2n) is 5.06. The Morgan fingerprint density at radius 3 is 2.43 bits per heavy atom. The van der Waals surface area contributed by atoms with Gasteiger partial charge in [0.25, 0.3) is 0 Å². The van der Waals surface area contributed by atoms with Gasteiger partial charge in [0.2, 0.25) is 0 Å². The molecule has 0 spiro atoms. The lowest BCUT2D eigenvalue weighted by atomic mass is 9.95. The molecule has 0 bridgehead atoms. The van der Waals surface area contributed by atoms with Gasteiger partial charge in [0.05, 0.1) is 6.21 Å². The van der Waals surface area contributed by atoms with Crippen LogP contribution >= 0.6 is 22.6 Å². The van der Waals surface area contributed by atoms with Gasteiger partial charge in [0.1, 0.15) is 0 Å². The van der Waals surface area contributed by atoms with Crippen molar-refractivity contribution in [2.45, 2.75) is 38.1 Å². The minimum atomic E-state index is -0.720. The van der Waals surface area contributed by atoms with Gasteiger partial charge in [-0.2, -0.15) is 5.10 Å². The first-order chi connectivity index (χ1) is 10.1. The molecule has 2 rings (SSSR count). The SMILES string of the molecule is O=C(NN=Cc1ccc(I)cc1)C(=O)NC1CCCCC1. The van der Waals surface area contributed by atoms with E-state index in [1.54, 1.807) is 0 Å². The molecule has 21 heavy (non-hydrogen) atoms. The molecule has 0 unspecified atom stereocenters. The highest BCUT2D eigenvalue weighted by Gasteiger charge is 2.19. The zero-order valence-corrected chi connectivity index (χ0v) is 13.8. The van der Waals surface area contributed by atoms with Crippen molar-refractivity contribution in [2.75, 3.05) is 0 Å². The van der Waals surface area contributed by atoms with Crippen LogP contribution in [0.15, 0.2) is 29.4 Å². The smallest absolute Gasteiger partial charge is 0.329 e. The fraction of sp³-hybridized carbons (Fsp3) is 0.400. The topological polar surface area (TPSA) is 70.6 Å². The largest absolute Gasteiger partial charge is 0.345 e. The zero-order valence-electron chi connectivity index (χ0n) is 11.6. The molecule has 112 valence electrons. The molecule has 2 amide bonds. The van der Waals surface area contributed by atoms with E-state index in [1.165, 1.54) is 12.6 Å². The first-order valence-corrected chi connectivity index (χ1v) is 8.12. The lowest BCUT2D eigenvalue weighted by Gasteiger charge is -2.22. The van der Waals surface area contributed by atoms with E-state index in [2.05, 4.69) is 38.4 Å². The normalized spacial score (nSPS) is 15.9. The number of nitrogens with one attached hydrogen (secondary N) is 2.